The molecule has 0 radical (unpaired) electrons. The van der Waals surface area contributed by atoms with E-state index in [1.54, 1.807) is 5.56 Å². The van der Waals surface area contributed by atoms with Crippen molar-refractivity contribution >= 4 is 0 Å². The first-order valence-corrected chi connectivity index (χ1v) is 7.14. The van der Waals surface area contributed by atoms with Crippen LogP contribution >= 0.6 is 0 Å². The van der Waals surface area contributed by atoms with E-state index in [1.165, 1.54) is 44.3 Å². The molecule has 2 rings (SSSR count). The minimum Gasteiger partial charge on any atom is -0.316 e. The van der Waals surface area contributed by atoms with E-state index in [1.807, 2.05) is 0 Å². The van der Waals surface area contributed by atoms with Gasteiger partial charge in [0.05, 0.1) is 0 Å². The van der Waals surface area contributed by atoms with Crippen LogP contribution in [0.5, 0.6) is 0 Å². The van der Waals surface area contributed by atoms with Crippen LogP contribution in [0.15, 0.2) is 24.3 Å². The summed E-state index contributed by atoms with van der Waals surface area (Å²) in [5, 5.41) is 3.53. The van der Waals surface area contributed by atoms with Crippen LogP contribution in [0, 0.1) is 5.92 Å². The number of nitrogens with one attached hydrogen (secondary N) is 1. The predicted octanol–water partition coefficient (Wildman–Crippen LogP) is 3.74. The molecule has 17 heavy (non-hydrogen) atoms. The molecule has 0 saturated carbocycles. The summed E-state index contributed by atoms with van der Waals surface area (Å²) in [5.74, 6) is 1.60. The van der Waals surface area contributed by atoms with Gasteiger partial charge in [0.2, 0.25) is 0 Å². The molecule has 1 heterocycles. The van der Waals surface area contributed by atoms with Crippen molar-refractivity contribution in [2.75, 3.05) is 13.1 Å². The molecular formula is C16H25N. The van der Waals surface area contributed by atoms with Gasteiger partial charge in [0, 0.05) is 0 Å². The van der Waals surface area contributed by atoms with Gasteiger partial charge in [-0.15, -0.1) is 0 Å². The Morgan fingerprint density at radius 3 is 2.94 bits per heavy atom. The number of hydrogen-bond donors (Lipinski definition) is 1. The lowest BCUT2D eigenvalue weighted by Crippen LogP contribution is -2.35. The molecule has 0 aromatic heterocycles. The average Bonchev–Trinajstić information content (AvgIpc) is 2.39. The lowest BCUT2D eigenvalue weighted by Gasteiger charge is -2.32. The zero-order chi connectivity index (χ0) is 12.1. The van der Waals surface area contributed by atoms with E-state index in [9.17, 15) is 0 Å². The van der Waals surface area contributed by atoms with Crippen molar-refractivity contribution in [2.24, 2.45) is 5.92 Å². The quantitative estimate of drug-likeness (QED) is 0.832. The van der Waals surface area contributed by atoms with Gasteiger partial charge in [-0.1, -0.05) is 51.0 Å². The molecule has 2 atom stereocenters. The fraction of sp³-hybridized carbons (Fsp3) is 0.625. The molecule has 0 bridgehead atoms. The Hall–Kier alpha value is -0.820. The summed E-state index contributed by atoms with van der Waals surface area (Å²) in [6.07, 6.45) is 5.05. The number of piperidine rings is 1. The molecule has 2 unspecified atom stereocenters. The normalized spacial score (nSPS) is 24.8. The zero-order valence-corrected chi connectivity index (χ0v) is 11.2. The minimum absolute atomic E-state index is 0.776. The van der Waals surface area contributed by atoms with Crippen LogP contribution in [0.25, 0.3) is 0 Å². The molecule has 0 aliphatic carbocycles. The zero-order valence-electron chi connectivity index (χ0n) is 11.2. The number of rotatable bonds is 4. The highest BCUT2D eigenvalue weighted by Gasteiger charge is 2.24. The smallest absolute Gasteiger partial charge is 0.00148 e. The van der Waals surface area contributed by atoms with Gasteiger partial charge in [-0.25, -0.2) is 0 Å². The Labute approximate surface area is 106 Å². The maximum atomic E-state index is 3.53. The van der Waals surface area contributed by atoms with Crippen molar-refractivity contribution in [3.05, 3.63) is 35.4 Å². The molecule has 1 aliphatic heterocycles. The summed E-state index contributed by atoms with van der Waals surface area (Å²) in [6.45, 7) is 6.95. The van der Waals surface area contributed by atoms with Crippen molar-refractivity contribution in [1.82, 2.24) is 5.32 Å². The first-order chi connectivity index (χ1) is 8.35. The highest BCUT2D eigenvalue weighted by Crippen LogP contribution is 2.32. The van der Waals surface area contributed by atoms with Gasteiger partial charge in [-0.3, -0.25) is 0 Å². The number of hydrogen-bond acceptors (Lipinski definition) is 1. The van der Waals surface area contributed by atoms with Gasteiger partial charge in [-0.05, 0) is 48.9 Å². The third-order valence-electron chi connectivity index (χ3n) is 4.05. The van der Waals surface area contributed by atoms with Gasteiger partial charge >= 0.3 is 0 Å². The molecule has 94 valence electrons. The fourth-order valence-corrected chi connectivity index (χ4v) is 3.06. The molecule has 1 heteroatoms. The Morgan fingerprint density at radius 2 is 2.18 bits per heavy atom. The second-order valence-electron chi connectivity index (χ2n) is 5.26. The van der Waals surface area contributed by atoms with E-state index < -0.39 is 0 Å². The van der Waals surface area contributed by atoms with Crippen LogP contribution in [0.1, 0.15) is 50.2 Å². The summed E-state index contributed by atoms with van der Waals surface area (Å²) >= 11 is 0. The second-order valence-corrected chi connectivity index (χ2v) is 5.26. The van der Waals surface area contributed by atoms with Crippen LogP contribution < -0.4 is 5.32 Å². The van der Waals surface area contributed by atoms with E-state index in [4.69, 9.17) is 0 Å². The Balaban J connectivity index is 2.16. The lowest BCUT2D eigenvalue weighted by atomic mass is 9.79. The number of benzene rings is 1. The highest BCUT2D eigenvalue weighted by molar-refractivity contribution is 5.27. The van der Waals surface area contributed by atoms with E-state index >= 15 is 0 Å². The van der Waals surface area contributed by atoms with Crippen LogP contribution in [-0.2, 0) is 6.42 Å². The van der Waals surface area contributed by atoms with E-state index in [2.05, 4.69) is 43.4 Å². The molecule has 1 nitrogen and oxygen atoms in total. The molecule has 0 amide bonds. The standard InChI is InChI=1S/C16H25N/c1-3-6-13-7-5-8-15(11-13)16-9-10-17-12-14(16)4-2/h5,7-8,11,14,16-17H,3-4,6,9-10,12H2,1-2H3. The highest BCUT2D eigenvalue weighted by atomic mass is 14.9. The summed E-state index contributed by atoms with van der Waals surface area (Å²) < 4.78 is 0. The maximum Gasteiger partial charge on any atom is -0.00148 e. The first-order valence-electron chi connectivity index (χ1n) is 7.14. The van der Waals surface area contributed by atoms with Crippen molar-refractivity contribution in [3.8, 4) is 0 Å². The molecule has 1 saturated heterocycles. The summed E-state index contributed by atoms with van der Waals surface area (Å²) in [6, 6.07) is 9.30. The fourth-order valence-electron chi connectivity index (χ4n) is 3.06. The molecule has 0 spiro atoms. The lowest BCUT2D eigenvalue weighted by molar-refractivity contribution is 0.318. The van der Waals surface area contributed by atoms with Crippen molar-refractivity contribution in [2.45, 2.75) is 45.4 Å². The predicted molar refractivity (Wildman–Crippen MR) is 74.4 cm³/mol. The summed E-state index contributed by atoms with van der Waals surface area (Å²) in [4.78, 5) is 0. The molecule has 1 N–H and O–H groups in total. The third kappa shape index (κ3) is 3.10. The first kappa shape index (κ1) is 12.6. The van der Waals surface area contributed by atoms with E-state index in [0.29, 0.717) is 0 Å². The van der Waals surface area contributed by atoms with Gasteiger partial charge < -0.3 is 5.32 Å². The Bertz CT molecular complexity index is 345. The van der Waals surface area contributed by atoms with Crippen molar-refractivity contribution in [1.29, 1.82) is 0 Å². The van der Waals surface area contributed by atoms with Crippen molar-refractivity contribution < 1.29 is 0 Å². The van der Waals surface area contributed by atoms with E-state index in [-0.39, 0.29) is 0 Å². The molecule has 1 aliphatic rings. The van der Waals surface area contributed by atoms with Crippen LogP contribution in [0.2, 0.25) is 0 Å². The monoisotopic (exact) mass is 231 g/mol. The SMILES string of the molecule is CCCc1cccc(C2CCNCC2CC)c1. The van der Waals surface area contributed by atoms with E-state index in [0.717, 1.165) is 11.8 Å². The molecule has 1 fully saturated rings. The van der Waals surface area contributed by atoms with Gasteiger partial charge in [0.15, 0.2) is 0 Å². The second kappa shape index (κ2) is 6.20. The van der Waals surface area contributed by atoms with Gasteiger partial charge in [0.1, 0.15) is 0 Å². The Kier molecular flexibility index (Phi) is 4.61. The molecular weight excluding hydrogens is 206 g/mol. The molecule has 1 aromatic rings. The van der Waals surface area contributed by atoms with Crippen molar-refractivity contribution in [3.63, 3.8) is 0 Å². The largest absolute Gasteiger partial charge is 0.316 e. The average molecular weight is 231 g/mol. The van der Waals surface area contributed by atoms with Crippen LogP contribution in [0.4, 0.5) is 0 Å². The number of aryl methyl sites for hydroxylation is 1. The Morgan fingerprint density at radius 1 is 1.29 bits per heavy atom. The summed E-state index contributed by atoms with van der Waals surface area (Å²) in [5.41, 5.74) is 3.09. The van der Waals surface area contributed by atoms with Gasteiger partial charge in [-0.2, -0.15) is 0 Å². The summed E-state index contributed by atoms with van der Waals surface area (Å²) in [7, 11) is 0. The van der Waals surface area contributed by atoms with Crippen LogP contribution in [-0.4, -0.2) is 13.1 Å². The minimum atomic E-state index is 0.776. The topological polar surface area (TPSA) is 12.0 Å². The van der Waals surface area contributed by atoms with Gasteiger partial charge in [0.25, 0.3) is 0 Å². The maximum absolute atomic E-state index is 3.53. The third-order valence-corrected chi connectivity index (χ3v) is 4.05. The molecule has 1 aromatic carbocycles. The van der Waals surface area contributed by atoms with Crippen LogP contribution in [0.3, 0.4) is 0 Å².